The molecule has 3 aromatic heterocycles. The molecule has 1 aliphatic rings. The monoisotopic (exact) mass is 458 g/mol. The number of benzene rings is 1. The Hall–Kier alpha value is -3.91. The van der Waals surface area contributed by atoms with Gasteiger partial charge in [-0.05, 0) is 55.3 Å². The van der Waals surface area contributed by atoms with Crippen molar-refractivity contribution in [2.45, 2.75) is 39.2 Å². The van der Waals surface area contributed by atoms with Crippen molar-refractivity contribution in [1.29, 1.82) is 0 Å². The van der Waals surface area contributed by atoms with Crippen LogP contribution in [0.2, 0.25) is 0 Å². The van der Waals surface area contributed by atoms with Gasteiger partial charge in [-0.25, -0.2) is 24.3 Å². The normalized spacial score (nSPS) is 17.3. The van der Waals surface area contributed by atoms with Crippen LogP contribution < -0.4 is 5.73 Å². The number of nitrogens with two attached hydrogens (primary N) is 1. The first kappa shape index (κ1) is 23.3. The molecule has 3 N–H and O–H groups in total. The van der Waals surface area contributed by atoms with Crippen LogP contribution in [0.25, 0.3) is 28.2 Å². The van der Waals surface area contributed by atoms with E-state index in [0.717, 1.165) is 11.3 Å². The number of allylic oxidation sites excluding steroid dienone is 4. The van der Waals surface area contributed by atoms with Crippen molar-refractivity contribution in [3.05, 3.63) is 84.2 Å². The molecule has 4 aromatic rings. The van der Waals surface area contributed by atoms with Crippen molar-refractivity contribution in [3.63, 3.8) is 0 Å². The van der Waals surface area contributed by atoms with E-state index in [1.807, 2.05) is 55.7 Å². The Bertz CT molecular complexity index is 1380. The van der Waals surface area contributed by atoms with Crippen LogP contribution in [0, 0.1) is 0 Å². The molecule has 5 rings (SSSR count). The van der Waals surface area contributed by atoms with E-state index in [2.05, 4.69) is 9.97 Å². The maximum Gasteiger partial charge on any atom is 0.168 e. The van der Waals surface area contributed by atoms with Gasteiger partial charge >= 0.3 is 0 Å². The minimum absolute atomic E-state index is 0.0472. The molecule has 3 heterocycles. The highest BCUT2D eigenvalue weighted by molar-refractivity contribution is 5.82. The molecule has 0 saturated heterocycles. The van der Waals surface area contributed by atoms with Crippen LogP contribution in [-0.4, -0.2) is 29.6 Å². The second-order valence-corrected chi connectivity index (χ2v) is 7.98. The first-order chi connectivity index (χ1) is 16.5. The van der Waals surface area contributed by atoms with Crippen LogP contribution in [0.3, 0.4) is 0 Å². The standard InChI is InChI=1S/C24H21FN6O.C2H6/c1-24(10-8-16(25)9-11-24)23-28-13-19-22(30-23)31(17-6-4-15(14-32)5-7-17)21(29-19)18-3-2-12-27-20(18)26;1-2/h2-10,12-13,32H,11,14H2,1H3,(H2,26,27);1-2H3. The van der Waals surface area contributed by atoms with E-state index in [0.29, 0.717) is 40.6 Å². The third-order valence-electron chi connectivity index (χ3n) is 5.70. The lowest BCUT2D eigenvalue weighted by Crippen LogP contribution is -2.23. The number of anilines is 1. The number of aromatic nitrogens is 5. The summed E-state index contributed by atoms with van der Waals surface area (Å²) in [4.78, 5) is 18.4. The predicted octanol–water partition coefficient (Wildman–Crippen LogP) is 5.05. The number of imidazole rings is 1. The van der Waals surface area contributed by atoms with Gasteiger partial charge in [-0.2, -0.15) is 0 Å². The molecule has 7 nitrogen and oxygen atoms in total. The molecule has 0 radical (unpaired) electrons. The molecule has 0 amide bonds. The maximum absolute atomic E-state index is 13.6. The van der Waals surface area contributed by atoms with Gasteiger partial charge in [-0.15, -0.1) is 0 Å². The van der Waals surface area contributed by atoms with Crippen LogP contribution in [0.1, 0.15) is 38.6 Å². The highest BCUT2D eigenvalue weighted by Crippen LogP contribution is 2.34. The van der Waals surface area contributed by atoms with Gasteiger partial charge in [0.1, 0.15) is 23.0 Å². The van der Waals surface area contributed by atoms with Crippen LogP contribution in [0.15, 0.2) is 72.8 Å². The molecule has 8 heteroatoms. The lowest BCUT2D eigenvalue weighted by atomic mass is 9.82. The third kappa shape index (κ3) is 4.20. The average molecular weight is 459 g/mol. The van der Waals surface area contributed by atoms with Gasteiger partial charge < -0.3 is 10.8 Å². The summed E-state index contributed by atoms with van der Waals surface area (Å²) in [7, 11) is 0. The van der Waals surface area contributed by atoms with Crippen LogP contribution in [-0.2, 0) is 12.0 Å². The SMILES string of the molecule is CC.CC1(c2ncc3nc(-c4cccnc4N)n(-c4ccc(CO)cc4)c3n2)C=CC(F)=CC1. The van der Waals surface area contributed by atoms with Gasteiger partial charge in [0.15, 0.2) is 11.5 Å². The molecule has 0 saturated carbocycles. The van der Waals surface area contributed by atoms with E-state index in [1.54, 1.807) is 30.6 Å². The smallest absolute Gasteiger partial charge is 0.168 e. The second kappa shape index (κ2) is 9.52. The highest BCUT2D eigenvalue weighted by atomic mass is 19.1. The number of rotatable bonds is 4. The van der Waals surface area contributed by atoms with E-state index in [4.69, 9.17) is 15.7 Å². The Morgan fingerprint density at radius 1 is 1.12 bits per heavy atom. The minimum Gasteiger partial charge on any atom is -0.392 e. The number of aliphatic hydroxyl groups is 1. The summed E-state index contributed by atoms with van der Waals surface area (Å²) in [6.07, 6.45) is 8.55. The number of aliphatic hydroxyl groups excluding tert-OH is 1. The van der Waals surface area contributed by atoms with Crippen molar-refractivity contribution in [3.8, 4) is 17.1 Å². The number of halogens is 1. The summed E-state index contributed by atoms with van der Waals surface area (Å²) >= 11 is 0. The van der Waals surface area contributed by atoms with Gasteiger partial charge in [0.05, 0.1) is 18.4 Å². The molecule has 0 bridgehead atoms. The van der Waals surface area contributed by atoms with Gasteiger partial charge in [-0.1, -0.05) is 32.1 Å². The fourth-order valence-corrected chi connectivity index (χ4v) is 3.81. The van der Waals surface area contributed by atoms with E-state index >= 15 is 0 Å². The zero-order valence-corrected chi connectivity index (χ0v) is 19.4. The molecule has 174 valence electrons. The van der Waals surface area contributed by atoms with Crippen molar-refractivity contribution in [1.82, 2.24) is 24.5 Å². The Morgan fingerprint density at radius 2 is 1.88 bits per heavy atom. The van der Waals surface area contributed by atoms with E-state index < -0.39 is 5.41 Å². The molecule has 1 aromatic carbocycles. The Kier molecular flexibility index (Phi) is 6.51. The third-order valence-corrected chi connectivity index (χ3v) is 5.70. The topological polar surface area (TPSA) is 103 Å². The molecular weight excluding hydrogens is 431 g/mol. The van der Waals surface area contributed by atoms with Crippen molar-refractivity contribution in [2.24, 2.45) is 0 Å². The number of hydrogen-bond donors (Lipinski definition) is 2. The summed E-state index contributed by atoms with van der Waals surface area (Å²) in [6.45, 7) is 5.93. The van der Waals surface area contributed by atoms with Crippen molar-refractivity contribution in [2.75, 3.05) is 5.73 Å². The largest absolute Gasteiger partial charge is 0.392 e. The van der Waals surface area contributed by atoms with Gasteiger partial charge in [0.25, 0.3) is 0 Å². The highest BCUT2D eigenvalue weighted by Gasteiger charge is 2.30. The van der Waals surface area contributed by atoms with Gasteiger partial charge in [0, 0.05) is 17.3 Å². The quantitative estimate of drug-likeness (QED) is 0.444. The predicted molar refractivity (Wildman–Crippen MR) is 132 cm³/mol. The summed E-state index contributed by atoms with van der Waals surface area (Å²) in [5.74, 6) is 1.26. The zero-order valence-electron chi connectivity index (χ0n) is 19.4. The number of nitrogen functional groups attached to an aromatic ring is 1. The van der Waals surface area contributed by atoms with Crippen LogP contribution in [0.5, 0.6) is 0 Å². The molecule has 1 aliphatic carbocycles. The lowest BCUT2D eigenvalue weighted by Gasteiger charge is -2.25. The second-order valence-electron chi connectivity index (χ2n) is 7.98. The molecule has 34 heavy (non-hydrogen) atoms. The molecule has 0 aliphatic heterocycles. The first-order valence-electron chi connectivity index (χ1n) is 11.2. The fourth-order valence-electron chi connectivity index (χ4n) is 3.81. The van der Waals surface area contributed by atoms with E-state index in [-0.39, 0.29) is 12.4 Å². The van der Waals surface area contributed by atoms with E-state index in [1.165, 1.54) is 6.08 Å². The summed E-state index contributed by atoms with van der Waals surface area (Å²) in [5, 5.41) is 9.43. The number of pyridine rings is 1. The summed E-state index contributed by atoms with van der Waals surface area (Å²) < 4.78 is 15.5. The summed E-state index contributed by atoms with van der Waals surface area (Å²) in [6, 6.07) is 11.1. The molecule has 1 unspecified atom stereocenters. The Morgan fingerprint density at radius 3 is 2.53 bits per heavy atom. The molecule has 0 spiro atoms. The minimum atomic E-state index is -0.535. The summed E-state index contributed by atoms with van der Waals surface area (Å²) in [5.41, 5.74) is 9.11. The van der Waals surface area contributed by atoms with Crippen molar-refractivity contribution < 1.29 is 9.50 Å². The maximum atomic E-state index is 13.6. The first-order valence-corrected chi connectivity index (χ1v) is 11.2. The van der Waals surface area contributed by atoms with E-state index in [9.17, 15) is 9.50 Å². The lowest BCUT2D eigenvalue weighted by molar-refractivity contribution is 0.282. The molecular formula is C26H27FN6O. The average Bonchev–Trinajstić information content (AvgIpc) is 3.26. The zero-order chi connectivity index (χ0) is 24.3. The fraction of sp³-hybridized carbons (Fsp3) is 0.231. The van der Waals surface area contributed by atoms with Gasteiger partial charge in [-0.3, -0.25) is 4.57 Å². The van der Waals surface area contributed by atoms with Crippen molar-refractivity contribution >= 4 is 17.0 Å². The van der Waals surface area contributed by atoms with Gasteiger partial charge in [0.2, 0.25) is 0 Å². The van der Waals surface area contributed by atoms with Crippen LogP contribution >= 0.6 is 0 Å². The number of nitrogens with zero attached hydrogens (tertiary/aromatic N) is 5. The van der Waals surface area contributed by atoms with Crippen LogP contribution in [0.4, 0.5) is 10.2 Å². The number of hydrogen-bond acceptors (Lipinski definition) is 6. The molecule has 1 atom stereocenters. The Balaban J connectivity index is 0.00000133. The molecule has 0 fully saturated rings. The Labute approximate surface area is 197 Å². The number of fused-ring (bicyclic) bond motifs is 1.